The number of benzene rings is 1. The SMILES string of the molecule is COC(=O)CCNC(=O)c1ccc(NC(=O)NCc2ccc(N3CCCC3)nc2)cc1. The van der Waals surface area contributed by atoms with E-state index in [1.54, 1.807) is 30.5 Å². The lowest BCUT2D eigenvalue weighted by molar-refractivity contribution is -0.140. The van der Waals surface area contributed by atoms with Crippen molar-refractivity contribution in [2.75, 3.05) is 37.0 Å². The minimum atomic E-state index is -0.385. The molecule has 2 aromatic rings. The van der Waals surface area contributed by atoms with E-state index in [0.717, 1.165) is 24.5 Å². The Kier molecular flexibility index (Phi) is 7.80. The van der Waals surface area contributed by atoms with Gasteiger partial charge in [-0.25, -0.2) is 9.78 Å². The molecule has 9 nitrogen and oxygen atoms in total. The predicted octanol–water partition coefficient (Wildman–Crippen LogP) is 2.30. The first-order valence-corrected chi connectivity index (χ1v) is 10.2. The van der Waals surface area contributed by atoms with Gasteiger partial charge in [0.2, 0.25) is 0 Å². The van der Waals surface area contributed by atoms with E-state index in [0.29, 0.717) is 17.8 Å². The highest BCUT2D eigenvalue weighted by molar-refractivity contribution is 5.95. The molecule has 0 bridgehead atoms. The summed E-state index contributed by atoms with van der Waals surface area (Å²) < 4.78 is 4.52. The van der Waals surface area contributed by atoms with Gasteiger partial charge in [-0.2, -0.15) is 0 Å². The van der Waals surface area contributed by atoms with Crippen molar-refractivity contribution in [1.82, 2.24) is 15.6 Å². The van der Waals surface area contributed by atoms with Crippen molar-refractivity contribution in [3.8, 4) is 0 Å². The fourth-order valence-electron chi connectivity index (χ4n) is 3.20. The van der Waals surface area contributed by atoms with Gasteiger partial charge in [0.25, 0.3) is 5.91 Å². The van der Waals surface area contributed by atoms with Crippen LogP contribution < -0.4 is 20.9 Å². The molecular formula is C22H27N5O4. The molecule has 3 N–H and O–H groups in total. The number of nitrogens with zero attached hydrogens (tertiary/aromatic N) is 2. The van der Waals surface area contributed by atoms with Crippen molar-refractivity contribution in [3.05, 3.63) is 53.7 Å². The van der Waals surface area contributed by atoms with Crippen LogP contribution in [0, 0.1) is 0 Å². The number of methoxy groups -OCH3 is 1. The number of esters is 1. The Hall–Kier alpha value is -3.62. The Labute approximate surface area is 181 Å². The summed E-state index contributed by atoms with van der Waals surface area (Å²) in [5.41, 5.74) is 1.91. The van der Waals surface area contributed by atoms with Crippen LogP contribution in [0.5, 0.6) is 0 Å². The normalized spacial score (nSPS) is 12.9. The fraction of sp³-hybridized carbons (Fsp3) is 0.364. The van der Waals surface area contributed by atoms with E-state index < -0.39 is 0 Å². The maximum absolute atomic E-state index is 12.1. The molecule has 0 radical (unpaired) electrons. The third-order valence-corrected chi connectivity index (χ3v) is 4.94. The zero-order chi connectivity index (χ0) is 22.1. The Morgan fingerprint density at radius 3 is 2.42 bits per heavy atom. The van der Waals surface area contributed by atoms with Gasteiger partial charge in [0.1, 0.15) is 5.82 Å². The quantitative estimate of drug-likeness (QED) is 0.560. The zero-order valence-electron chi connectivity index (χ0n) is 17.5. The zero-order valence-corrected chi connectivity index (χ0v) is 17.5. The lowest BCUT2D eigenvalue weighted by Gasteiger charge is -2.16. The number of pyridine rings is 1. The maximum atomic E-state index is 12.1. The minimum Gasteiger partial charge on any atom is -0.469 e. The van der Waals surface area contributed by atoms with Gasteiger partial charge in [0.05, 0.1) is 13.5 Å². The number of hydrogen-bond acceptors (Lipinski definition) is 6. The molecule has 0 spiro atoms. The molecule has 1 fully saturated rings. The van der Waals surface area contributed by atoms with Gasteiger partial charge >= 0.3 is 12.0 Å². The van der Waals surface area contributed by atoms with Crippen LogP contribution in [0.15, 0.2) is 42.6 Å². The van der Waals surface area contributed by atoms with E-state index in [-0.39, 0.29) is 30.9 Å². The number of hydrogen-bond donors (Lipinski definition) is 3. The van der Waals surface area contributed by atoms with E-state index in [9.17, 15) is 14.4 Å². The Morgan fingerprint density at radius 1 is 1.03 bits per heavy atom. The lowest BCUT2D eigenvalue weighted by Crippen LogP contribution is -2.28. The standard InChI is InChI=1S/C22H27N5O4/c1-31-20(28)10-11-23-21(29)17-5-7-18(8-6-17)26-22(30)25-15-16-4-9-19(24-14-16)27-12-2-3-13-27/h4-9,14H,2-3,10-13,15H2,1H3,(H,23,29)(H2,25,26,30). The molecule has 0 unspecified atom stereocenters. The van der Waals surface area contributed by atoms with Crippen LogP contribution in [0.3, 0.4) is 0 Å². The monoisotopic (exact) mass is 425 g/mol. The summed E-state index contributed by atoms with van der Waals surface area (Å²) in [4.78, 5) is 42.0. The van der Waals surface area contributed by atoms with Crippen LogP contribution in [0.25, 0.3) is 0 Å². The minimum absolute atomic E-state index is 0.110. The average Bonchev–Trinajstić information content (AvgIpc) is 3.33. The highest BCUT2D eigenvalue weighted by Crippen LogP contribution is 2.17. The van der Waals surface area contributed by atoms with Crippen LogP contribution in [0.1, 0.15) is 35.2 Å². The number of aromatic nitrogens is 1. The summed E-state index contributed by atoms with van der Waals surface area (Å²) in [5.74, 6) is 0.286. The summed E-state index contributed by atoms with van der Waals surface area (Å²) in [6, 6.07) is 10.1. The van der Waals surface area contributed by atoms with Crippen LogP contribution in [0.4, 0.5) is 16.3 Å². The number of anilines is 2. The van der Waals surface area contributed by atoms with Crippen molar-refractivity contribution < 1.29 is 19.1 Å². The fourth-order valence-corrected chi connectivity index (χ4v) is 3.20. The van der Waals surface area contributed by atoms with Gasteiger partial charge in [0.15, 0.2) is 0 Å². The third-order valence-electron chi connectivity index (χ3n) is 4.94. The molecule has 2 heterocycles. The van der Waals surface area contributed by atoms with Gasteiger partial charge in [-0.05, 0) is 48.7 Å². The topological polar surface area (TPSA) is 113 Å². The summed E-state index contributed by atoms with van der Waals surface area (Å²) >= 11 is 0. The molecule has 1 aromatic carbocycles. The van der Waals surface area contributed by atoms with E-state index in [4.69, 9.17) is 0 Å². The molecule has 3 amide bonds. The second-order valence-electron chi connectivity index (χ2n) is 7.19. The van der Waals surface area contributed by atoms with Crippen LogP contribution in [-0.4, -0.2) is 49.6 Å². The summed E-state index contributed by atoms with van der Waals surface area (Å²) in [5, 5.41) is 8.16. The molecule has 0 atom stereocenters. The van der Waals surface area contributed by atoms with Crippen LogP contribution in [0.2, 0.25) is 0 Å². The second-order valence-corrected chi connectivity index (χ2v) is 7.19. The van der Waals surface area contributed by atoms with Crippen molar-refractivity contribution >= 4 is 29.4 Å². The van der Waals surface area contributed by atoms with Crippen molar-refractivity contribution in [3.63, 3.8) is 0 Å². The Balaban J connectivity index is 1.41. The molecule has 9 heteroatoms. The first-order chi connectivity index (χ1) is 15.0. The van der Waals surface area contributed by atoms with Gasteiger partial charge in [-0.15, -0.1) is 0 Å². The van der Waals surface area contributed by atoms with Gasteiger partial charge < -0.3 is 25.6 Å². The van der Waals surface area contributed by atoms with Crippen LogP contribution >= 0.6 is 0 Å². The highest BCUT2D eigenvalue weighted by atomic mass is 16.5. The van der Waals surface area contributed by atoms with Gasteiger partial charge in [-0.1, -0.05) is 6.07 Å². The van der Waals surface area contributed by atoms with E-state index in [2.05, 4.69) is 30.6 Å². The van der Waals surface area contributed by atoms with E-state index in [1.807, 2.05) is 12.1 Å². The van der Waals surface area contributed by atoms with Gasteiger partial charge in [0, 0.05) is 43.6 Å². The van der Waals surface area contributed by atoms with Gasteiger partial charge in [-0.3, -0.25) is 9.59 Å². The first-order valence-electron chi connectivity index (χ1n) is 10.2. The average molecular weight is 425 g/mol. The smallest absolute Gasteiger partial charge is 0.319 e. The molecule has 1 saturated heterocycles. The number of ether oxygens (including phenoxy) is 1. The second kappa shape index (κ2) is 11.0. The molecular weight excluding hydrogens is 398 g/mol. The lowest BCUT2D eigenvalue weighted by atomic mass is 10.2. The first kappa shape index (κ1) is 22.1. The summed E-state index contributed by atoms with van der Waals surface area (Å²) in [7, 11) is 1.30. The molecule has 31 heavy (non-hydrogen) atoms. The number of amides is 3. The summed E-state index contributed by atoms with van der Waals surface area (Å²) in [6.45, 7) is 2.64. The third kappa shape index (κ3) is 6.70. The molecule has 1 aromatic heterocycles. The van der Waals surface area contributed by atoms with Crippen molar-refractivity contribution in [2.24, 2.45) is 0 Å². The Bertz CT molecular complexity index is 893. The molecule has 3 rings (SSSR count). The molecule has 0 aliphatic carbocycles. The number of rotatable bonds is 8. The molecule has 0 saturated carbocycles. The number of carbonyl (C=O) groups is 3. The largest absolute Gasteiger partial charge is 0.469 e. The maximum Gasteiger partial charge on any atom is 0.319 e. The number of carbonyl (C=O) groups excluding carboxylic acids is 3. The van der Waals surface area contributed by atoms with E-state index >= 15 is 0 Å². The summed E-state index contributed by atoms with van der Waals surface area (Å²) in [6.07, 6.45) is 4.29. The van der Waals surface area contributed by atoms with Crippen LogP contribution in [-0.2, 0) is 16.1 Å². The van der Waals surface area contributed by atoms with Crippen molar-refractivity contribution in [1.29, 1.82) is 0 Å². The predicted molar refractivity (Wildman–Crippen MR) is 117 cm³/mol. The molecule has 1 aliphatic rings. The van der Waals surface area contributed by atoms with Crippen molar-refractivity contribution in [2.45, 2.75) is 25.8 Å². The molecule has 164 valence electrons. The molecule has 1 aliphatic heterocycles. The Morgan fingerprint density at radius 2 is 1.77 bits per heavy atom. The highest BCUT2D eigenvalue weighted by Gasteiger charge is 2.13. The number of urea groups is 1. The number of nitrogens with one attached hydrogen (secondary N) is 3. The van der Waals surface area contributed by atoms with E-state index in [1.165, 1.54) is 20.0 Å².